The SMILES string of the molecule is C[Si](C)(CCC[N+](CCCS(=O)(=O)[O-])(CCCS(=O)(=O)[O-])CCCS(=O)(=O)[O-])O[Si]1(O[Si](C)(C)CCC[N+](CCCS(=O)(=O)[O-])(CCCS(=O)(=O)[O-])CCCS(=O)(=O)[O-])n2c3c4ccccc4c2N=C2N=C(N=c4c5ccccc5c(n41)=NC1=NC(=N3)c3ccccc31)c1cccc(OCCCOC(=O)NCCCCCC(=O)ON3C(=O)CCC3=O)c12. The lowest BCUT2D eigenvalue weighted by Crippen LogP contribution is -2.70. The number of benzene rings is 4. The molecule has 5 aliphatic rings. The number of imide groups is 1. The van der Waals surface area contributed by atoms with Crippen molar-refractivity contribution in [3.05, 3.63) is 124 Å². The van der Waals surface area contributed by atoms with E-state index in [2.05, 4.69) is 5.32 Å². The normalized spacial score (nSPS) is 15.6. The molecule has 1 fully saturated rings. The first kappa shape index (κ1) is 94.5. The highest BCUT2D eigenvalue weighted by molar-refractivity contribution is 7.86. The number of alkyl carbamates (subject to hydrolysis) is 1. The van der Waals surface area contributed by atoms with Crippen molar-refractivity contribution in [2.75, 3.05) is 107 Å². The number of quaternary nitrogens is 2. The lowest BCUT2D eigenvalue weighted by atomic mass is 10.1. The van der Waals surface area contributed by atoms with Gasteiger partial charge in [-0.15, -0.1) is 5.06 Å². The number of rotatable bonds is 48. The zero-order valence-electron chi connectivity index (χ0n) is 67.6. The van der Waals surface area contributed by atoms with Gasteiger partial charge in [0.1, 0.15) is 28.4 Å². The molecule has 4 aromatic carbocycles. The van der Waals surface area contributed by atoms with E-state index in [-0.39, 0.29) is 222 Å². The highest BCUT2D eigenvalue weighted by atomic mass is 32.2. The summed E-state index contributed by atoms with van der Waals surface area (Å²) < 4.78 is 253. The fourth-order valence-electron chi connectivity index (χ4n) is 16.2. The molecule has 0 aliphatic carbocycles. The quantitative estimate of drug-likeness (QED) is 0.0180. The summed E-state index contributed by atoms with van der Waals surface area (Å²) in [4.78, 5) is 86.9. The van der Waals surface area contributed by atoms with Crippen LogP contribution in [0.5, 0.6) is 5.75 Å². The molecular weight excluding hydrogens is 1770 g/mol. The first-order chi connectivity index (χ1) is 57.2. The average Bonchev–Trinajstić information content (AvgIpc) is 1.52. The van der Waals surface area contributed by atoms with E-state index < -0.39 is 145 Å². The van der Waals surface area contributed by atoms with Crippen LogP contribution in [0.1, 0.15) is 119 Å². The molecule has 0 spiro atoms. The lowest BCUT2D eigenvalue weighted by molar-refractivity contribution is -0.928. The van der Waals surface area contributed by atoms with Crippen LogP contribution in [-0.4, -0.2) is 280 Å². The molecule has 0 radical (unpaired) electrons. The van der Waals surface area contributed by atoms with Gasteiger partial charge in [-0.3, -0.25) is 18.1 Å². The van der Waals surface area contributed by atoms with Gasteiger partial charge in [-0.1, -0.05) is 91.3 Å². The molecule has 3 amide bonds. The van der Waals surface area contributed by atoms with Crippen LogP contribution in [0.3, 0.4) is 0 Å². The van der Waals surface area contributed by atoms with Gasteiger partial charge in [-0.25, -0.2) is 90.1 Å². The van der Waals surface area contributed by atoms with Crippen molar-refractivity contribution in [2.24, 2.45) is 30.0 Å². The van der Waals surface area contributed by atoms with Crippen LogP contribution in [0.15, 0.2) is 121 Å². The fourth-order valence-corrected chi connectivity index (χ4v) is 31.6. The Morgan fingerprint density at radius 2 is 0.820 bits per heavy atom. The minimum absolute atomic E-state index is 0.0132. The number of carbonyl (C=O) groups is 4. The number of amidine groups is 4. The minimum atomic E-state index is -5.30. The summed E-state index contributed by atoms with van der Waals surface area (Å²) in [6.07, 6.45) is -0.834. The summed E-state index contributed by atoms with van der Waals surface area (Å²) in [7, 11) is -42.0. The van der Waals surface area contributed by atoms with Crippen LogP contribution in [0.25, 0.3) is 21.5 Å². The van der Waals surface area contributed by atoms with Crippen LogP contribution < -0.4 is 21.0 Å². The summed E-state index contributed by atoms with van der Waals surface area (Å²) in [5.74, 6) is -5.87. The van der Waals surface area contributed by atoms with Crippen LogP contribution in [0, 0.1) is 0 Å². The van der Waals surface area contributed by atoms with E-state index in [0.29, 0.717) is 68.1 Å². The number of unbranched alkanes of at least 4 members (excludes halogenated alkanes) is 2. The summed E-state index contributed by atoms with van der Waals surface area (Å²) >= 11 is 0. The highest BCUT2D eigenvalue weighted by Gasteiger charge is 2.58. The molecular formula is C74H96N12O27S6Si3-4. The molecule has 5 aliphatic heterocycles. The number of aromatic nitrogens is 2. The van der Waals surface area contributed by atoms with Crippen LogP contribution in [-0.2, 0) is 92.9 Å². The monoisotopic (exact) mass is 1860 g/mol. The van der Waals surface area contributed by atoms with Crippen LogP contribution in [0.2, 0.25) is 38.3 Å². The standard InChI is InChI=1S/C74H100N12O27S6Si3/c1-120(2,52-21-42-85(36-15-46-114(91,92)93,37-16-47-115(94,95)96)38-17-48-116(97,98)99)112-122(113-121(3,4)53-22-43-86(39-18-49-117(100,101)102,40-19-50-118(103,104)105)41-20-51-119(106,107)108)83-70-56-26-9-10-27-57(56)72(83)80-68-60-30-14-31-61(109-44-23-45-110-74(90)75-35-13-5-6-32-64(89)111-82-62(87)33-34-63(82)88)65(60)69(77-68)81-73-59-29-12-11-28-58(59)71(84(73)122)79-67-55-25-8-7-24-54(55)66(76-67)78-70/h7-12,14,24-31H,5-6,13,15-23,32-53H2,1-4H3,(H5-2,75,90,91,92,93,94,95,96,97,98,99,100,101,102,103,104,105,106,107,108)/p-4. The second-order valence-corrected chi connectivity index (χ2v) is 52.8. The second kappa shape index (κ2) is 38.8. The van der Waals surface area contributed by atoms with Crippen molar-refractivity contribution in [3.8, 4) is 5.75 Å². The van der Waals surface area contributed by atoms with E-state index in [1.807, 2.05) is 83.2 Å². The van der Waals surface area contributed by atoms with E-state index in [1.54, 1.807) is 42.5 Å². The van der Waals surface area contributed by atoms with Gasteiger partial charge < -0.3 is 64.1 Å². The third-order valence-electron chi connectivity index (χ3n) is 21.5. The maximum atomic E-state index is 13.0. The van der Waals surface area contributed by atoms with Gasteiger partial charge in [0.05, 0.1) is 132 Å². The van der Waals surface area contributed by atoms with Crippen LogP contribution in [0.4, 0.5) is 16.4 Å². The molecule has 2 aromatic heterocycles. The number of hydrogen-bond donors (Lipinski definition) is 1. The predicted octanol–water partition coefficient (Wildman–Crippen LogP) is 4.50. The van der Waals surface area contributed by atoms with Gasteiger partial charge in [0, 0.05) is 144 Å². The van der Waals surface area contributed by atoms with Gasteiger partial charge >= 0.3 is 20.9 Å². The fraction of sp³-hybridized carbons (Fsp3) is 0.514. The molecule has 1 saturated heterocycles. The van der Waals surface area contributed by atoms with Gasteiger partial charge in [0.2, 0.25) is 0 Å². The number of nitrogens with zero attached hydrogens (tertiary/aromatic N) is 11. The Morgan fingerprint density at radius 3 is 1.26 bits per heavy atom. The maximum absolute atomic E-state index is 13.0. The van der Waals surface area contributed by atoms with E-state index in [0.717, 1.165) is 0 Å². The summed E-state index contributed by atoms with van der Waals surface area (Å²) in [5, 5.41) is 5.08. The minimum Gasteiger partial charge on any atom is -0.748 e. The molecule has 6 aromatic rings. The number of fused-ring (bicyclic) bond motifs is 14. The molecule has 0 unspecified atom stereocenters. The second-order valence-electron chi connectivity index (χ2n) is 32.0. The molecule has 6 bridgehead atoms. The molecule has 666 valence electrons. The number of aliphatic imine (C=N–C) groups is 4. The van der Waals surface area contributed by atoms with E-state index >= 15 is 0 Å². The molecule has 48 heteroatoms. The third kappa shape index (κ3) is 25.4. The van der Waals surface area contributed by atoms with Crippen molar-refractivity contribution in [3.63, 3.8) is 0 Å². The van der Waals surface area contributed by atoms with Gasteiger partial charge in [0.25, 0.3) is 11.8 Å². The largest absolute Gasteiger partial charge is 0.748 e. The number of hydrogen-bond acceptors (Lipinski definition) is 33. The zero-order valence-corrected chi connectivity index (χ0v) is 75.5. The summed E-state index contributed by atoms with van der Waals surface area (Å²) in [6.45, 7) is 6.87. The number of ether oxygens (including phenoxy) is 2. The van der Waals surface area contributed by atoms with Crippen molar-refractivity contribution in [1.29, 1.82) is 0 Å². The molecule has 0 atom stereocenters. The number of carbonyl (C=O) groups excluding carboxylic acids is 4. The van der Waals surface area contributed by atoms with Crippen LogP contribution >= 0.6 is 0 Å². The zero-order chi connectivity index (χ0) is 88.5. The lowest BCUT2D eigenvalue weighted by Gasteiger charge is -2.44. The molecule has 11 rings (SSSR count). The molecule has 1 N–H and O–H groups in total. The number of amides is 3. The molecule has 0 saturated carbocycles. The van der Waals surface area contributed by atoms with Gasteiger partial charge in [-0.05, 0) is 70.0 Å². The average molecular weight is 1860 g/mol. The third-order valence-corrected chi connectivity index (χ3v) is 37.9. The highest BCUT2D eigenvalue weighted by Crippen LogP contribution is 2.46. The molecule has 39 nitrogen and oxygen atoms in total. The Labute approximate surface area is 710 Å². The Hall–Kier alpha value is -8.13. The van der Waals surface area contributed by atoms with Gasteiger partial charge in [-0.2, -0.15) is 0 Å². The number of nitrogens with one attached hydrogen (secondary N) is 1. The topological polar surface area (TPSA) is 557 Å². The van der Waals surface area contributed by atoms with Gasteiger partial charge in [0.15, 0.2) is 40.0 Å². The smallest absolute Gasteiger partial charge is 0.582 e. The van der Waals surface area contributed by atoms with Crippen molar-refractivity contribution in [2.45, 2.75) is 135 Å². The van der Waals surface area contributed by atoms with Crippen molar-refractivity contribution < 1.29 is 129 Å². The molecule has 7 heterocycles. The number of hydroxylamine groups is 2. The maximum Gasteiger partial charge on any atom is 0.582 e. The summed E-state index contributed by atoms with van der Waals surface area (Å²) in [6, 6.07) is 27.3. The van der Waals surface area contributed by atoms with E-state index in [9.17, 15) is 97.0 Å². The van der Waals surface area contributed by atoms with Crippen molar-refractivity contribution in [1.82, 2.24) is 18.8 Å². The Kier molecular flexibility index (Phi) is 30.0. The Morgan fingerprint density at radius 1 is 0.434 bits per heavy atom. The first-order valence-electron chi connectivity index (χ1n) is 39.8. The van der Waals surface area contributed by atoms with E-state index in [4.69, 9.17) is 52.5 Å². The summed E-state index contributed by atoms with van der Waals surface area (Å²) in [5.41, 5.74) is 2.35. The van der Waals surface area contributed by atoms with E-state index in [1.165, 1.54) is 0 Å². The Bertz CT molecular complexity index is 5660. The molecule has 122 heavy (non-hydrogen) atoms. The Balaban J connectivity index is 1.06. The predicted molar refractivity (Wildman–Crippen MR) is 447 cm³/mol. The first-order valence-corrected chi connectivity index (χ1v) is 57.2. The van der Waals surface area contributed by atoms with Crippen molar-refractivity contribution >= 4 is 167 Å².